The Balaban J connectivity index is 1.54. The standard InChI is InChI=1S/C23H24F3N3O3/c1-13-5-4-6-19-20(13)16(21(30)29-19)11-27-14-7-8-18(17(9-14)23(24,25)26)28-10-15-12-31-22(2,3)32-15/h4-9,11,15,27-28H,10,12H2,1-3H3,(H,29,30)/b16-11+. The molecule has 3 N–H and O–H groups in total. The van der Waals surface area contributed by atoms with E-state index in [0.717, 1.165) is 17.2 Å². The first-order chi connectivity index (χ1) is 15.0. The smallest absolute Gasteiger partial charge is 0.382 e. The molecular weight excluding hydrogens is 423 g/mol. The molecule has 0 spiro atoms. The first-order valence-electron chi connectivity index (χ1n) is 10.2. The summed E-state index contributed by atoms with van der Waals surface area (Å²) in [6, 6.07) is 9.38. The third-order valence-electron chi connectivity index (χ3n) is 5.33. The summed E-state index contributed by atoms with van der Waals surface area (Å²) in [6.45, 7) is 5.87. The molecule has 1 unspecified atom stereocenters. The third-order valence-corrected chi connectivity index (χ3v) is 5.33. The first-order valence-corrected chi connectivity index (χ1v) is 10.2. The van der Waals surface area contributed by atoms with Crippen LogP contribution in [-0.2, 0) is 20.4 Å². The van der Waals surface area contributed by atoms with E-state index in [0.29, 0.717) is 17.9 Å². The minimum Gasteiger partial charge on any atom is -0.382 e. The van der Waals surface area contributed by atoms with Crippen molar-refractivity contribution >= 4 is 28.5 Å². The Hall–Kier alpha value is -3.04. The average molecular weight is 447 g/mol. The highest BCUT2D eigenvalue weighted by Gasteiger charge is 2.36. The highest BCUT2D eigenvalue weighted by atomic mass is 19.4. The highest BCUT2D eigenvalue weighted by Crippen LogP contribution is 2.38. The van der Waals surface area contributed by atoms with Crippen molar-refractivity contribution in [1.82, 2.24) is 0 Å². The molecule has 1 fully saturated rings. The number of anilines is 3. The number of hydrogen-bond acceptors (Lipinski definition) is 5. The maximum Gasteiger partial charge on any atom is 0.418 e. The van der Waals surface area contributed by atoms with Crippen molar-refractivity contribution in [3.8, 4) is 0 Å². The minimum atomic E-state index is -4.56. The largest absolute Gasteiger partial charge is 0.418 e. The van der Waals surface area contributed by atoms with Gasteiger partial charge in [0.15, 0.2) is 5.79 Å². The van der Waals surface area contributed by atoms with Gasteiger partial charge in [-0.3, -0.25) is 4.79 Å². The van der Waals surface area contributed by atoms with Crippen molar-refractivity contribution in [3.63, 3.8) is 0 Å². The molecule has 2 heterocycles. The third kappa shape index (κ3) is 4.58. The maximum atomic E-state index is 13.7. The fourth-order valence-corrected chi connectivity index (χ4v) is 3.84. The van der Waals surface area contributed by atoms with E-state index in [9.17, 15) is 18.0 Å². The number of amides is 1. The number of rotatable bonds is 5. The van der Waals surface area contributed by atoms with Gasteiger partial charge < -0.3 is 25.4 Å². The minimum absolute atomic E-state index is 0.0520. The van der Waals surface area contributed by atoms with E-state index in [1.54, 1.807) is 19.9 Å². The van der Waals surface area contributed by atoms with Crippen LogP contribution in [0.15, 0.2) is 42.6 Å². The molecule has 0 saturated carbocycles. The van der Waals surface area contributed by atoms with E-state index in [1.807, 2.05) is 19.1 Å². The van der Waals surface area contributed by atoms with Gasteiger partial charge in [0.25, 0.3) is 5.91 Å². The fraction of sp³-hybridized carbons (Fsp3) is 0.348. The van der Waals surface area contributed by atoms with E-state index < -0.39 is 17.5 Å². The van der Waals surface area contributed by atoms with Crippen LogP contribution >= 0.6 is 0 Å². The van der Waals surface area contributed by atoms with Gasteiger partial charge in [0.2, 0.25) is 0 Å². The Morgan fingerprint density at radius 1 is 1.25 bits per heavy atom. The number of alkyl halides is 3. The van der Waals surface area contributed by atoms with Crippen molar-refractivity contribution in [3.05, 3.63) is 59.3 Å². The Labute approximate surface area is 183 Å². The monoisotopic (exact) mass is 447 g/mol. The van der Waals surface area contributed by atoms with Crippen LogP contribution in [-0.4, -0.2) is 30.9 Å². The Morgan fingerprint density at radius 2 is 2.03 bits per heavy atom. The Bertz CT molecular complexity index is 1080. The number of aryl methyl sites for hydroxylation is 1. The second-order valence-corrected chi connectivity index (χ2v) is 8.24. The predicted molar refractivity (Wildman–Crippen MR) is 116 cm³/mol. The highest BCUT2D eigenvalue weighted by molar-refractivity contribution is 6.32. The summed E-state index contributed by atoms with van der Waals surface area (Å²) in [4.78, 5) is 12.3. The van der Waals surface area contributed by atoms with Crippen molar-refractivity contribution in [1.29, 1.82) is 0 Å². The van der Waals surface area contributed by atoms with Crippen LogP contribution in [0, 0.1) is 6.92 Å². The van der Waals surface area contributed by atoms with Crippen LogP contribution in [0.2, 0.25) is 0 Å². The van der Waals surface area contributed by atoms with Crippen molar-refractivity contribution < 1.29 is 27.4 Å². The first kappa shape index (κ1) is 22.2. The molecular formula is C23H24F3N3O3. The van der Waals surface area contributed by atoms with Crippen LogP contribution in [0.4, 0.5) is 30.2 Å². The summed E-state index contributed by atoms with van der Waals surface area (Å²) in [5.74, 6) is -1.05. The molecule has 2 aliphatic rings. The van der Waals surface area contributed by atoms with Gasteiger partial charge in [0.1, 0.15) is 6.10 Å². The number of ether oxygens (including phenoxy) is 2. The van der Waals surface area contributed by atoms with E-state index in [4.69, 9.17) is 9.47 Å². The summed E-state index contributed by atoms with van der Waals surface area (Å²) < 4.78 is 52.2. The summed E-state index contributed by atoms with van der Waals surface area (Å²) in [5, 5.41) is 8.42. The predicted octanol–water partition coefficient (Wildman–Crippen LogP) is 4.98. The zero-order valence-corrected chi connectivity index (χ0v) is 17.9. The second kappa shape index (κ2) is 8.14. The molecule has 1 saturated heterocycles. The molecule has 6 nitrogen and oxygen atoms in total. The van der Waals surface area contributed by atoms with Gasteiger partial charge in [-0.15, -0.1) is 0 Å². The molecule has 0 aliphatic carbocycles. The number of benzene rings is 2. The number of carbonyl (C=O) groups excluding carboxylic acids is 1. The topological polar surface area (TPSA) is 71.6 Å². The Kier molecular flexibility index (Phi) is 5.64. The van der Waals surface area contributed by atoms with Gasteiger partial charge in [-0.25, -0.2) is 0 Å². The molecule has 9 heteroatoms. The molecule has 2 aromatic rings. The van der Waals surface area contributed by atoms with Crippen molar-refractivity contribution in [2.75, 3.05) is 29.1 Å². The molecule has 0 radical (unpaired) electrons. The molecule has 4 rings (SSSR count). The van der Waals surface area contributed by atoms with E-state index in [1.165, 1.54) is 18.3 Å². The molecule has 32 heavy (non-hydrogen) atoms. The van der Waals surface area contributed by atoms with Crippen LogP contribution in [0.5, 0.6) is 0 Å². The summed E-state index contributed by atoms with van der Waals surface area (Å²) in [5.41, 5.74) is 2.03. The van der Waals surface area contributed by atoms with Gasteiger partial charge in [-0.05, 0) is 50.6 Å². The molecule has 2 aromatic carbocycles. The van der Waals surface area contributed by atoms with E-state index in [2.05, 4.69) is 16.0 Å². The van der Waals surface area contributed by atoms with E-state index in [-0.39, 0.29) is 29.9 Å². The number of halogens is 3. The van der Waals surface area contributed by atoms with Crippen LogP contribution < -0.4 is 16.0 Å². The van der Waals surface area contributed by atoms with Crippen molar-refractivity contribution in [2.45, 2.75) is 38.8 Å². The average Bonchev–Trinajstić information content (AvgIpc) is 3.23. The normalized spacial score (nSPS) is 20.9. The fourth-order valence-electron chi connectivity index (χ4n) is 3.84. The van der Waals surface area contributed by atoms with Crippen LogP contribution in [0.1, 0.15) is 30.5 Å². The SMILES string of the molecule is Cc1cccc2c1/C(=C\Nc1ccc(NCC3COC(C)(C)O3)c(C(F)(F)F)c1)C(=O)N2. The lowest BCUT2D eigenvalue weighted by molar-refractivity contribution is -0.138. The van der Waals surface area contributed by atoms with Gasteiger partial charge in [0, 0.05) is 35.4 Å². The molecule has 0 bridgehead atoms. The lowest BCUT2D eigenvalue weighted by Crippen LogP contribution is -2.26. The second-order valence-electron chi connectivity index (χ2n) is 8.24. The summed E-state index contributed by atoms with van der Waals surface area (Å²) >= 11 is 0. The summed E-state index contributed by atoms with van der Waals surface area (Å²) in [6.07, 6.45) is -3.48. The molecule has 1 atom stereocenters. The number of fused-ring (bicyclic) bond motifs is 1. The zero-order valence-electron chi connectivity index (χ0n) is 17.9. The van der Waals surface area contributed by atoms with Gasteiger partial charge >= 0.3 is 6.18 Å². The van der Waals surface area contributed by atoms with E-state index >= 15 is 0 Å². The molecule has 2 aliphatic heterocycles. The van der Waals surface area contributed by atoms with Gasteiger partial charge in [-0.2, -0.15) is 13.2 Å². The molecule has 1 amide bonds. The Morgan fingerprint density at radius 3 is 2.72 bits per heavy atom. The number of nitrogens with one attached hydrogen (secondary N) is 3. The number of carbonyl (C=O) groups is 1. The van der Waals surface area contributed by atoms with Crippen molar-refractivity contribution in [2.24, 2.45) is 0 Å². The lowest BCUT2D eigenvalue weighted by Gasteiger charge is -2.19. The lowest BCUT2D eigenvalue weighted by atomic mass is 10.0. The zero-order chi connectivity index (χ0) is 23.1. The number of hydrogen-bond donors (Lipinski definition) is 3. The molecule has 0 aromatic heterocycles. The van der Waals surface area contributed by atoms with Gasteiger partial charge in [-0.1, -0.05) is 12.1 Å². The van der Waals surface area contributed by atoms with Crippen LogP contribution in [0.25, 0.3) is 5.57 Å². The quantitative estimate of drug-likeness (QED) is 0.564. The van der Waals surface area contributed by atoms with Gasteiger partial charge in [0.05, 0.1) is 17.7 Å². The van der Waals surface area contributed by atoms with Crippen LogP contribution in [0.3, 0.4) is 0 Å². The summed E-state index contributed by atoms with van der Waals surface area (Å²) in [7, 11) is 0. The maximum absolute atomic E-state index is 13.7. The molecule has 170 valence electrons.